The Morgan fingerprint density at radius 3 is 2.87 bits per heavy atom. The fourth-order valence-electron chi connectivity index (χ4n) is 2.95. The highest BCUT2D eigenvalue weighted by Crippen LogP contribution is 2.22. The molecular formula is C19H13N7O2S2. The van der Waals surface area contributed by atoms with Crippen molar-refractivity contribution in [2.24, 2.45) is 0 Å². The number of amides is 1. The number of nitrogens with zero attached hydrogens (tertiary/aromatic N) is 5. The zero-order valence-electron chi connectivity index (χ0n) is 15.3. The molecule has 5 aromatic rings. The molecule has 2 aromatic carbocycles. The van der Waals surface area contributed by atoms with Crippen LogP contribution in [0.4, 0.5) is 5.69 Å². The number of anilines is 1. The molecule has 2 N–H and O–H groups in total. The van der Waals surface area contributed by atoms with Gasteiger partial charge in [0, 0.05) is 0 Å². The summed E-state index contributed by atoms with van der Waals surface area (Å²) in [6, 6.07) is 14.8. The lowest BCUT2D eigenvalue weighted by molar-refractivity contribution is -0.113. The van der Waals surface area contributed by atoms with Gasteiger partial charge in [-0.15, -0.1) is 0 Å². The van der Waals surface area contributed by atoms with Gasteiger partial charge in [0.2, 0.25) is 5.91 Å². The first kappa shape index (κ1) is 18.5. The van der Waals surface area contributed by atoms with Crippen molar-refractivity contribution >= 4 is 57.2 Å². The van der Waals surface area contributed by atoms with Crippen LogP contribution in [0.15, 0.2) is 64.7 Å². The Bertz CT molecular complexity index is 1430. The van der Waals surface area contributed by atoms with E-state index in [2.05, 4.69) is 29.1 Å². The molecule has 3 aromatic heterocycles. The first-order valence-electron chi connectivity index (χ1n) is 8.86. The van der Waals surface area contributed by atoms with Gasteiger partial charge in [0.15, 0.2) is 10.8 Å². The number of H-pyrrole nitrogens is 1. The molecular weight excluding hydrogens is 422 g/mol. The summed E-state index contributed by atoms with van der Waals surface area (Å²) in [6.07, 6.45) is 1.48. The smallest absolute Gasteiger partial charge is 0.262 e. The zero-order valence-corrected chi connectivity index (χ0v) is 16.9. The number of aromatic nitrogens is 6. The van der Waals surface area contributed by atoms with Gasteiger partial charge in [0.1, 0.15) is 16.4 Å². The maximum Gasteiger partial charge on any atom is 0.262 e. The molecule has 0 saturated carbocycles. The Hall–Kier alpha value is -3.57. The highest BCUT2D eigenvalue weighted by molar-refractivity contribution is 7.99. The van der Waals surface area contributed by atoms with Gasteiger partial charge in [-0.05, 0) is 24.3 Å². The molecule has 0 saturated heterocycles. The first-order chi connectivity index (χ1) is 14.7. The normalized spacial score (nSPS) is 11.2. The summed E-state index contributed by atoms with van der Waals surface area (Å²) in [6.45, 7) is 0. The number of hydrogen-bond donors (Lipinski definition) is 2. The maximum atomic E-state index is 12.4. The van der Waals surface area contributed by atoms with Crippen LogP contribution in [-0.2, 0) is 4.79 Å². The Labute approximate surface area is 177 Å². The fraction of sp³-hybridized carbons (Fsp3) is 0.0526. The minimum absolute atomic E-state index is 0.0713. The largest absolute Gasteiger partial charge is 0.323 e. The van der Waals surface area contributed by atoms with Crippen LogP contribution in [0.5, 0.6) is 0 Å². The van der Waals surface area contributed by atoms with Crippen LogP contribution in [0.25, 0.3) is 27.8 Å². The van der Waals surface area contributed by atoms with E-state index in [4.69, 9.17) is 0 Å². The number of carbonyl (C=O) groups excluding carboxylic acids is 1. The van der Waals surface area contributed by atoms with Crippen molar-refractivity contribution in [1.29, 1.82) is 0 Å². The predicted molar refractivity (Wildman–Crippen MR) is 116 cm³/mol. The molecule has 5 rings (SSSR count). The second-order valence-corrected chi connectivity index (χ2v) is 7.77. The molecule has 1 amide bonds. The van der Waals surface area contributed by atoms with Crippen LogP contribution < -0.4 is 10.9 Å². The van der Waals surface area contributed by atoms with Crippen molar-refractivity contribution in [3.63, 3.8) is 0 Å². The third-order valence-electron chi connectivity index (χ3n) is 4.32. The molecule has 3 heterocycles. The van der Waals surface area contributed by atoms with Crippen LogP contribution in [-0.4, -0.2) is 40.2 Å². The van der Waals surface area contributed by atoms with E-state index < -0.39 is 0 Å². The molecule has 0 radical (unpaired) electrons. The van der Waals surface area contributed by atoms with E-state index >= 15 is 0 Å². The van der Waals surface area contributed by atoms with Crippen LogP contribution in [0.3, 0.4) is 0 Å². The molecule has 0 aliphatic heterocycles. The van der Waals surface area contributed by atoms with E-state index in [1.807, 2.05) is 42.5 Å². The SMILES string of the molecule is O=C(CSc1nc2c(cnn2-c2ccccc2)c(=O)[nH]1)Nc1cccc2nsnc12. The van der Waals surface area contributed by atoms with Gasteiger partial charge in [0.05, 0.1) is 35.1 Å². The molecule has 30 heavy (non-hydrogen) atoms. The van der Waals surface area contributed by atoms with E-state index in [9.17, 15) is 9.59 Å². The van der Waals surface area contributed by atoms with E-state index in [1.54, 1.807) is 10.7 Å². The van der Waals surface area contributed by atoms with Crippen molar-refractivity contribution in [1.82, 2.24) is 28.5 Å². The average Bonchev–Trinajstić information content (AvgIpc) is 3.41. The van der Waals surface area contributed by atoms with Gasteiger partial charge < -0.3 is 10.3 Å². The third-order valence-corrected chi connectivity index (χ3v) is 5.73. The van der Waals surface area contributed by atoms with E-state index in [-0.39, 0.29) is 17.2 Å². The van der Waals surface area contributed by atoms with Gasteiger partial charge in [-0.3, -0.25) is 9.59 Å². The van der Waals surface area contributed by atoms with Crippen molar-refractivity contribution in [3.05, 3.63) is 65.1 Å². The molecule has 148 valence electrons. The zero-order chi connectivity index (χ0) is 20.5. The minimum Gasteiger partial charge on any atom is -0.323 e. The quantitative estimate of drug-likeness (QED) is 0.322. The number of carbonyl (C=O) groups is 1. The van der Waals surface area contributed by atoms with Crippen LogP contribution in [0.1, 0.15) is 0 Å². The summed E-state index contributed by atoms with van der Waals surface area (Å²) in [4.78, 5) is 32.0. The maximum absolute atomic E-state index is 12.4. The number of rotatable bonds is 5. The second-order valence-electron chi connectivity index (χ2n) is 6.27. The molecule has 0 aliphatic rings. The summed E-state index contributed by atoms with van der Waals surface area (Å²) in [5, 5.41) is 7.83. The van der Waals surface area contributed by atoms with Crippen LogP contribution in [0, 0.1) is 0 Å². The molecule has 9 nitrogen and oxygen atoms in total. The Kier molecular flexibility index (Phi) is 4.73. The summed E-state index contributed by atoms with van der Waals surface area (Å²) >= 11 is 2.23. The van der Waals surface area contributed by atoms with Crippen LogP contribution >= 0.6 is 23.5 Å². The molecule has 0 atom stereocenters. The lowest BCUT2D eigenvalue weighted by Gasteiger charge is -2.06. The lowest BCUT2D eigenvalue weighted by Crippen LogP contribution is -2.16. The Morgan fingerprint density at radius 2 is 2.00 bits per heavy atom. The topological polar surface area (TPSA) is 118 Å². The molecule has 0 fully saturated rings. The predicted octanol–water partition coefficient (Wildman–Crippen LogP) is 2.84. The van der Waals surface area contributed by atoms with E-state index in [1.165, 1.54) is 6.20 Å². The Balaban J connectivity index is 1.37. The summed E-state index contributed by atoms with van der Waals surface area (Å²) in [5.74, 6) is -0.165. The monoisotopic (exact) mass is 435 g/mol. The molecule has 11 heteroatoms. The van der Waals surface area contributed by atoms with Gasteiger partial charge in [0.25, 0.3) is 5.56 Å². The van der Waals surface area contributed by atoms with E-state index in [0.717, 1.165) is 34.7 Å². The average molecular weight is 435 g/mol. The minimum atomic E-state index is -0.302. The highest BCUT2D eigenvalue weighted by atomic mass is 32.2. The summed E-state index contributed by atoms with van der Waals surface area (Å²) in [5.41, 5.74) is 2.92. The number of aromatic amines is 1. The second kappa shape index (κ2) is 7.69. The number of nitrogens with one attached hydrogen (secondary N) is 2. The van der Waals surface area contributed by atoms with E-state index in [0.29, 0.717) is 27.4 Å². The Morgan fingerprint density at radius 1 is 1.13 bits per heavy atom. The van der Waals surface area contributed by atoms with Gasteiger partial charge in [-0.2, -0.15) is 13.8 Å². The molecule has 0 bridgehead atoms. The number of para-hydroxylation sites is 1. The fourth-order valence-corrected chi connectivity index (χ4v) is 4.16. The number of hydrogen-bond acceptors (Lipinski definition) is 8. The number of fused-ring (bicyclic) bond motifs is 2. The van der Waals surface area contributed by atoms with Crippen molar-refractivity contribution < 1.29 is 4.79 Å². The molecule has 0 unspecified atom stereocenters. The van der Waals surface area contributed by atoms with Crippen molar-refractivity contribution in [3.8, 4) is 5.69 Å². The lowest BCUT2D eigenvalue weighted by atomic mass is 10.2. The summed E-state index contributed by atoms with van der Waals surface area (Å²) in [7, 11) is 0. The van der Waals surface area contributed by atoms with Gasteiger partial charge in [-0.25, -0.2) is 9.67 Å². The third kappa shape index (κ3) is 3.44. The highest BCUT2D eigenvalue weighted by Gasteiger charge is 2.14. The molecule has 0 aliphatic carbocycles. The van der Waals surface area contributed by atoms with Gasteiger partial charge in [-0.1, -0.05) is 36.0 Å². The van der Waals surface area contributed by atoms with Crippen LogP contribution in [0.2, 0.25) is 0 Å². The number of benzene rings is 2. The molecule has 0 spiro atoms. The number of thioether (sulfide) groups is 1. The van der Waals surface area contributed by atoms with Crippen molar-refractivity contribution in [2.45, 2.75) is 5.16 Å². The van der Waals surface area contributed by atoms with Gasteiger partial charge >= 0.3 is 0 Å². The standard InChI is InChI=1S/C19H13N7O2S2/c27-15(21-13-7-4-8-14-16(13)25-30-24-14)10-29-19-22-17-12(18(28)23-19)9-20-26(17)11-5-2-1-3-6-11/h1-9H,10H2,(H,21,27)(H,22,23,28). The summed E-state index contributed by atoms with van der Waals surface area (Å²) < 4.78 is 9.97. The first-order valence-corrected chi connectivity index (χ1v) is 10.6. The van der Waals surface area contributed by atoms with Crippen molar-refractivity contribution in [2.75, 3.05) is 11.1 Å².